The molecule has 0 radical (unpaired) electrons. The molecule has 1 saturated heterocycles. The number of aromatic nitrogens is 4. The Balaban J connectivity index is 1.38. The minimum absolute atomic E-state index is 0.0335. The monoisotopic (exact) mass is 490 g/mol. The van der Waals surface area contributed by atoms with E-state index >= 15 is 0 Å². The van der Waals surface area contributed by atoms with Crippen LogP contribution >= 0.6 is 0 Å². The number of benzene rings is 1. The van der Waals surface area contributed by atoms with Crippen LogP contribution in [0.5, 0.6) is 0 Å². The molecule has 2 fully saturated rings. The number of halogens is 4. The van der Waals surface area contributed by atoms with E-state index in [0.717, 1.165) is 18.8 Å². The maximum Gasteiger partial charge on any atom is 0.419 e. The molecular weight excluding hydrogens is 472 g/mol. The van der Waals surface area contributed by atoms with E-state index in [2.05, 4.69) is 25.5 Å². The topological polar surface area (TPSA) is 121 Å². The van der Waals surface area contributed by atoms with Gasteiger partial charge in [0.25, 0.3) is 5.91 Å². The average molecular weight is 490 g/mol. The molecule has 9 nitrogen and oxygen atoms in total. The van der Waals surface area contributed by atoms with E-state index < -0.39 is 29.4 Å². The Kier molecular flexibility index (Phi) is 5.49. The predicted octanol–water partition coefficient (Wildman–Crippen LogP) is 2.77. The number of ketones is 1. The number of alkyl halides is 3. The number of hydrogen-bond acceptors (Lipinski definition) is 6. The van der Waals surface area contributed by atoms with Gasteiger partial charge in [-0.3, -0.25) is 24.4 Å². The van der Waals surface area contributed by atoms with Crippen molar-refractivity contribution in [1.82, 2.24) is 25.5 Å². The molecule has 2 aromatic heterocycles. The molecule has 1 unspecified atom stereocenters. The summed E-state index contributed by atoms with van der Waals surface area (Å²) < 4.78 is 52.3. The number of H-pyrrole nitrogens is 1. The molecular formula is C22H18F4N6O3. The molecule has 2 amide bonds. The third kappa shape index (κ3) is 4.00. The Labute approximate surface area is 194 Å². The SMILES string of the molecule is O=C(NCc1ccc(F)c(C(F)(F)F)c1)c1ncnc2c(N3CC(=O)C4CCC[C@H]4C3=O)n[nH]c12. The fraction of sp³-hybridized carbons (Fsp3) is 0.364. The molecule has 3 aromatic rings. The summed E-state index contributed by atoms with van der Waals surface area (Å²) in [6.45, 7) is -0.464. The number of carbonyl (C=O) groups is 3. The molecule has 2 aliphatic rings. The van der Waals surface area contributed by atoms with Crippen LogP contribution in [0.25, 0.3) is 11.0 Å². The van der Waals surface area contributed by atoms with Crippen LogP contribution in [0.3, 0.4) is 0 Å². The molecule has 2 N–H and O–H groups in total. The second kappa shape index (κ2) is 8.40. The van der Waals surface area contributed by atoms with Gasteiger partial charge in [-0.2, -0.15) is 18.3 Å². The van der Waals surface area contributed by atoms with E-state index in [1.165, 1.54) is 4.90 Å². The molecule has 1 saturated carbocycles. The number of anilines is 1. The van der Waals surface area contributed by atoms with Gasteiger partial charge in [0.15, 0.2) is 17.3 Å². The van der Waals surface area contributed by atoms with Crippen molar-refractivity contribution in [3.05, 3.63) is 47.2 Å². The zero-order chi connectivity index (χ0) is 24.9. The minimum atomic E-state index is -4.87. The van der Waals surface area contributed by atoms with Crippen molar-refractivity contribution < 1.29 is 31.9 Å². The number of amides is 2. The summed E-state index contributed by atoms with van der Waals surface area (Å²) in [5.74, 6) is -3.00. The second-order valence-electron chi connectivity index (χ2n) is 8.52. The summed E-state index contributed by atoms with van der Waals surface area (Å²) >= 11 is 0. The van der Waals surface area contributed by atoms with Crippen molar-refractivity contribution in [3.8, 4) is 0 Å². The first kappa shape index (κ1) is 22.9. The molecule has 0 spiro atoms. The van der Waals surface area contributed by atoms with E-state index in [9.17, 15) is 31.9 Å². The standard InChI is InChI=1S/C22H18F4N6O3/c23-14-5-4-10(6-13(14)22(24,25)26)7-27-20(34)18-16-17(28-9-29-18)19(31-30-16)32-8-15(33)11-2-1-3-12(11)21(32)35/h4-6,9,11-12H,1-3,7-8H2,(H,27,34)(H,30,31)/t11?,12-/m1/s1. The average Bonchev–Trinajstić information content (AvgIpc) is 3.48. The number of nitrogens with one attached hydrogen (secondary N) is 2. The number of piperidine rings is 1. The summed E-state index contributed by atoms with van der Waals surface area (Å²) in [5.41, 5.74) is -1.29. The van der Waals surface area contributed by atoms with Gasteiger partial charge in [0, 0.05) is 18.4 Å². The van der Waals surface area contributed by atoms with Crippen LogP contribution in [0.4, 0.5) is 23.4 Å². The summed E-state index contributed by atoms with van der Waals surface area (Å²) in [6, 6.07) is 2.43. The number of aromatic amines is 1. The lowest BCUT2D eigenvalue weighted by Crippen LogP contribution is -2.49. The van der Waals surface area contributed by atoms with Crippen LogP contribution in [0.1, 0.15) is 40.9 Å². The van der Waals surface area contributed by atoms with Crippen LogP contribution in [-0.4, -0.2) is 44.3 Å². The van der Waals surface area contributed by atoms with Gasteiger partial charge in [0.05, 0.1) is 12.1 Å². The van der Waals surface area contributed by atoms with Gasteiger partial charge in [-0.1, -0.05) is 12.5 Å². The van der Waals surface area contributed by atoms with Gasteiger partial charge in [0.1, 0.15) is 23.2 Å². The van der Waals surface area contributed by atoms with Crippen molar-refractivity contribution >= 4 is 34.4 Å². The Morgan fingerprint density at radius 1 is 1.17 bits per heavy atom. The Bertz CT molecular complexity index is 1350. The summed E-state index contributed by atoms with van der Waals surface area (Å²) in [7, 11) is 0. The molecule has 35 heavy (non-hydrogen) atoms. The number of rotatable bonds is 4. The Morgan fingerprint density at radius 3 is 2.71 bits per heavy atom. The van der Waals surface area contributed by atoms with Crippen molar-refractivity contribution in [1.29, 1.82) is 0 Å². The van der Waals surface area contributed by atoms with E-state index in [1.807, 2.05) is 0 Å². The maximum atomic E-state index is 13.5. The van der Waals surface area contributed by atoms with Gasteiger partial charge in [0.2, 0.25) is 5.91 Å². The van der Waals surface area contributed by atoms with Crippen LogP contribution in [0.15, 0.2) is 24.5 Å². The van der Waals surface area contributed by atoms with Crippen LogP contribution in [-0.2, 0) is 22.3 Å². The quantitative estimate of drug-likeness (QED) is 0.543. The fourth-order valence-corrected chi connectivity index (χ4v) is 4.72. The maximum absolute atomic E-state index is 13.5. The number of hydrogen-bond donors (Lipinski definition) is 2. The zero-order valence-electron chi connectivity index (χ0n) is 18.0. The summed E-state index contributed by atoms with van der Waals surface area (Å²) in [6.07, 6.45) is -1.68. The van der Waals surface area contributed by atoms with Crippen molar-refractivity contribution in [2.45, 2.75) is 32.0 Å². The second-order valence-corrected chi connectivity index (χ2v) is 8.52. The first-order valence-electron chi connectivity index (χ1n) is 10.8. The molecule has 2 atom stereocenters. The first-order valence-corrected chi connectivity index (χ1v) is 10.8. The molecule has 1 aromatic carbocycles. The minimum Gasteiger partial charge on any atom is -0.347 e. The number of Topliss-reactive ketones (excluding diaryl/α,β-unsaturated/α-hetero) is 1. The van der Waals surface area contributed by atoms with Crippen LogP contribution in [0.2, 0.25) is 0 Å². The molecule has 182 valence electrons. The fourth-order valence-electron chi connectivity index (χ4n) is 4.72. The summed E-state index contributed by atoms with van der Waals surface area (Å²) in [5, 5.41) is 9.17. The molecule has 1 aliphatic carbocycles. The van der Waals surface area contributed by atoms with Gasteiger partial charge in [-0.25, -0.2) is 14.4 Å². The van der Waals surface area contributed by atoms with E-state index in [-0.39, 0.29) is 58.8 Å². The van der Waals surface area contributed by atoms with Gasteiger partial charge in [-0.15, -0.1) is 0 Å². The smallest absolute Gasteiger partial charge is 0.347 e. The van der Waals surface area contributed by atoms with Crippen molar-refractivity contribution in [3.63, 3.8) is 0 Å². The third-order valence-corrected chi connectivity index (χ3v) is 6.42. The van der Waals surface area contributed by atoms with Gasteiger partial charge in [-0.05, 0) is 30.5 Å². The molecule has 3 heterocycles. The van der Waals surface area contributed by atoms with E-state index in [4.69, 9.17) is 0 Å². The van der Waals surface area contributed by atoms with Crippen molar-refractivity contribution in [2.75, 3.05) is 11.4 Å². The van der Waals surface area contributed by atoms with Crippen LogP contribution < -0.4 is 10.2 Å². The highest BCUT2D eigenvalue weighted by Crippen LogP contribution is 2.39. The number of fused-ring (bicyclic) bond motifs is 2. The first-order chi connectivity index (χ1) is 16.6. The highest BCUT2D eigenvalue weighted by molar-refractivity contribution is 6.11. The normalized spacial score (nSPS) is 20.4. The molecule has 1 aliphatic heterocycles. The number of nitrogens with zero attached hydrogens (tertiary/aromatic N) is 4. The largest absolute Gasteiger partial charge is 0.419 e. The zero-order valence-corrected chi connectivity index (χ0v) is 18.0. The lowest BCUT2D eigenvalue weighted by atomic mass is 9.87. The molecule has 5 rings (SSSR count). The molecule has 13 heteroatoms. The highest BCUT2D eigenvalue weighted by Gasteiger charge is 2.46. The predicted molar refractivity (Wildman–Crippen MR) is 112 cm³/mol. The third-order valence-electron chi connectivity index (χ3n) is 6.42. The van der Waals surface area contributed by atoms with Gasteiger partial charge >= 0.3 is 6.18 Å². The Morgan fingerprint density at radius 2 is 1.94 bits per heavy atom. The van der Waals surface area contributed by atoms with E-state index in [0.29, 0.717) is 25.0 Å². The Hall–Kier alpha value is -3.90. The number of carbonyl (C=O) groups excluding carboxylic acids is 3. The highest BCUT2D eigenvalue weighted by atomic mass is 19.4. The summed E-state index contributed by atoms with van der Waals surface area (Å²) in [4.78, 5) is 47.6. The molecule has 0 bridgehead atoms. The van der Waals surface area contributed by atoms with Crippen LogP contribution in [0, 0.1) is 17.7 Å². The van der Waals surface area contributed by atoms with Crippen molar-refractivity contribution in [2.24, 2.45) is 11.8 Å². The lowest BCUT2D eigenvalue weighted by molar-refractivity contribution is -0.140. The van der Waals surface area contributed by atoms with E-state index in [1.54, 1.807) is 0 Å². The van der Waals surface area contributed by atoms with Gasteiger partial charge < -0.3 is 5.32 Å². The lowest BCUT2D eigenvalue weighted by Gasteiger charge is -2.31.